The van der Waals surface area contributed by atoms with Crippen molar-refractivity contribution in [3.63, 3.8) is 0 Å². The smallest absolute Gasteiger partial charge is 0.163 e. The van der Waals surface area contributed by atoms with Gasteiger partial charge in [0.05, 0.1) is 18.3 Å². The van der Waals surface area contributed by atoms with E-state index in [1.807, 2.05) is 19.9 Å². The molecular weight excluding hydrogens is 628 g/mol. The van der Waals surface area contributed by atoms with Crippen LogP contribution in [0.1, 0.15) is 118 Å². The maximum absolute atomic E-state index is 14.2. The minimum atomic E-state index is -0.887. The Bertz CT molecular complexity index is 1580. The van der Waals surface area contributed by atoms with Crippen LogP contribution in [-0.4, -0.2) is 40.5 Å². The lowest BCUT2D eigenvalue weighted by Crippen LogP contribution is -2.32. The summed E-state index contributed by atoms with van der Waals surface area (Å²) in [5.41, 5.74) is 3.61. The number of carbonyl (C=O) groups is 7. The third kappa shape index (κ3) is 9.76. The second-order valence-corrected chi connectivity index (χ2v) is 14.4. The zero-order valence-electron chi connectivity index (χ0n) is 30.1. The average Bonchev–Trinajstić information content (AvgIpc) is 3.18. The van der Waals surface area contributed by atoms with Gasteiger partial charge in [0, 0.05) is 43.6 Å². The van der Waals surface area contributed by atoms with E-state index in [4.69, 9.17) is 0 Å². The van der Waals surface area contributed by atoms with Crippen LogP contribution in [0.15, 0.2) is 54.7 Å². The molecular formula is C43H52O7. The highest BCUT2D eigenvalue weighted by molar-refractivity contribution is 6.05. The Morgan fingerprint density at radius 3 is 1.70 bits per heavy atom. The van der Waals surface area contributed by atoms with Crippen molar-refractivity contribution >= 4 is 40.5 Å². The van der Waals surface area contributed by atoms with Gasteiger partial charge in [-0.05, 0) is 80.0 Å². The number of hydrogen-bond donors (Lipinski definition) is 0. The third-order valence-electron chi connectivity index (χ3n) is 10.7. The molecule has 0 aromatic heterocycles. The number of fused-ring (bicyclic) bond motifs is 1. The summed E-state index contributed by atoms with van der Waals surface area (Å²) in [5, 5.41) is 0. The number of Topliss-reactive ketones (excluding diaryl/α,β-unsaturated/α-hetero) is 7. The minimum Gasteiger partial charge on any atom is -0.300 e. The van der Waals surface area contributed by atoms with Crippen molar-refractivity contribution in [2.75, 3.05) is 0 Å². The summed E-state index contributed by atoms with van der Waals surface area (Å²) in [5.74, 6) is -2.96. The molecule has 3 aliphatic rings. The van der Waals surface area contributed by atoms with Gasteiger partial charge in [-0.25, -0.2) is 0 Å². The Hall–Kier alpha value is -4.13. The molecule has 0 bridgehead atoms. The molecule has 0 radical (unpaired) electrons. The molecule has 1 aromatic rings. The molecule has 0 saturated heterocycles. The molecule has 0 fully saturated rings. The van der Waals surface area contributed by atoms with E-state index in [2.05, 4.69) is 6.92 Å². The van der Waals surface area contributed by atoms with Crippen LogP contribution in [-0.2, 0) is 48.0 Å². The SMILES string of the molecule is CCCC(CC1CC(=O)c2c(C)c(CC3C(=O)CC=CC=CCC3=O)cc(CC3C(=O)CC=CC=CCC3=O)c2C1)C(CC)C(=O)CC(C)=O. The van der Waals surface area contributed by atoms with Crippen LogP contribution in [0, 0.1) is 36.5 Å². The largest absolute Gasteiger partial charge is 0.300 e. The summed E-state index contributed by atoms with van der Waals surface area (Å²) < 4.78 is 0. The van der Waals surface area contributed by atoms with Gasteiger partial charge in [0.2, 0.25) is 0 Å². The lowest BCUT2D eigenvalue weighted by Gasteiger charge is -2.33. The quantitative estimate of drug-likeness (QED) is 0.198. The van der Waals surface area contributed by atoms with Crippen molar-refractivity contribution in [2.45, 2.75) is 111 Å². The molecule has 0 amide bonds. The fourth-order valence-corrected chi connectivity index (χ4v) is 8.21. The van der Waals surface area contributed by atoms with E-state index in [1.54, 1.807) is 48.6 Å². The summed E-state index contributed by atoms with van der Waals surface area (Å²) >= 11 is 0. The molecule has 4 rings (SSSR count). The number of rotatable bonds is 13. The van der Waals surface area contributed by atoms with E-state index in [0.717, 1.165) is 35.1 Å². The highest BCUT2D eigenvalue weighted by Crippen LogP contribution is 2.40. The number of benzene rings is 1. The fourth-order valence-electron chi connectivity index (χ4n) is 8.21. The Morgan fingerprint density at radius 2 is 1.24 bits per heavy atom. The maximum atomic E-state index is 14.2. The third-order valence-corrected chi connectivity index (χ3v) is 10.7. The van der Waals surface area contributed by atoms with Gasteiger partial charge < -0.3 is 0 Å². The average molecular weight is 681 g/mol. The molecule has 0 saturated carbocycles. The maximum Gasteiger partial charge on any atom is 0.163 e. The standard InChI is InChI=1S/C43H52O7/c1-5-15-30(33(6-2)41(49)20-27(3)44)21-29-22-34-32(26-36-39(47)18-13-9-10-14-19-40(36)48)24-31(28(4)43(34)42(50)23-29)25-35-37(45)16-11-7-8-12-17-38(35)46/h7-14,24,29-30,33,35-36H,5-6,15-23,25-26H2,1-4H3. The summed E-state index contributed by atoms with van der Waals surface area (Å²) in [7, 11) is 0. The molecule has 7 heteroatoms. The van der Waals surface area contributed by atoms with Crippen molar-refractivity contribution in [1.82, 2.24) is 0 Å². The monoisotopic (exact) mass is 680 g/mol. The van der Waals surface area contributed by atoms with E-state index in [1.165, 1.54) is 6.92 Å². The van der Waals surface area contributed by atoms with E-state index >= 15 is 0 Å². The molecule has 0 N–H and O–H groups in total. The molecule has 7 nitrogen and oxygen atoms in total. The van der Waals surface area contributed by atoms with E-state index in [-0.39, 0.29) is 103 Å². The van der Waals surface area contributed by atoms with Crippen LogP contribution in [0.25, 0.3) is 0 Å². The van der Waals surface area contributed by atoms with E-state index in [0.29, 0.717) is 31.2 Å². The van der Waals surface area contributed by atoms with Crippen molar-refractivity contribution < 1.29 is 33.6 Å². The fraction of sp³-hybridized carbons (Fsp3) is 0.512. The lowest BCUT2D eigenvalue weighted by atomic mass is 9.70. The normalized spacial score (nSPS) is 22.6. The van der Waals surface area contributed by atoms with Crippen LogP contribution in [0.2, 0.25) is 0 Å². The number of carbonyl (C=O) groups excluding carboxylic acids is 7. The molecule has 0 spiro atoms. The van der Waals surface area contributed by atoms with Crippen molar-refractivity contribution in [3.8, 4) is 0 Å². The van der Waals surface area contributed by atoms with Gasteiger partial charge in [-0.3, -0.25) is 33.6 Å². The van der Waals surface area contributed by atoms with E-state index in [9.17, 15) is 33.6 Å². The second-order valence-electron chi connectivity index (χ2n) is 14.4. The van der Waals surface area contributed by atoms with Gasteiger partial charge in [-0.1, -0.05) is 81.4 Å². The molecule has 0 aliphatic heterocycles. The number of ketones is 7. The van der Waals surface area contributed by atoms with Gasteiger partial charge in [-0.15, -0.1) is 0 Å². The predicted octanol–water partition coefficient (Wildman–Crippen LogP) is 7.53. The topological polar surface area (TPSA) is 119 Å². The van der Waals surface area contributed by atoms with Crippen LogP contribution < -0.4 is 0 Å². The zero-order valence-corrected chi connectivity index (χ0v) is 30.1. The summed E-state index contributed by atoms with van der Waals surface area (Å²) in [6.45, 7) is 7.37. The first-order valence-corrected chi connectivity index (χ1v) is 18.4. The molecule has 3 aliphatic carbocycles. The predicted molar refractivity (Wildman–Crippen MR) is 194 cm³/mol. The Kier molecular flexibility index (Phi) is 14.1. The van der Waals surface area contributed by atoms with Gasteiger partial charge in [0.1, 0.15) is 34.7 Å². The number of allylic oxidation sites excluding steroid dienone is 8. The zero-order chi connectivity index (χ0) is 36.4. The van der Waals surface area contributed by atoms with Gasteiger partial charge in [-0.2, -0.15) is 0 Å². The van der Waals surface area contributed by atoms with Crippen LogP contribution in [0.4, 0.5) is 0 Å². The van der Waals surface area contributed by atoms with Crippen LogP contribution in [0.3, 0.4) is 0 Å². The van der Waals surface area contributed by atoms with Crippen LogP contribution in [0.5, 0.6) is 0 Å². The van der Waals surface area contributed by atoms with Gasteiger partial charge in [0.15, 0.2) is 5.78 Å². The first-order chi connectivity index (χ1) is 23.9. The Morgan fingerprint density at radius 1 is 0.740 bits per heavy atom. The minimum absolute atomic E-state index is 0.0274. The summed E-state index contributed by atoms with van der Waals surface area (Å²) in [4.78, 5) is 92.6. The molecule has 266 valence electrons. The first kappa shape index (κ1) is 38.7. The summed E-state index contributed by atoms with van der Waals surface area (Å²) in [6, 6.07) is 1.94. The number of hydrogen-bond acceptors (Lipinski definition) is 7. The van der Waals surface area contributed by atoms with Crippen molar-refractivity contribution in [3.05, 3.63) is 82.5 Å². The van der Waals surface area contributed by atoms with Crippen molar-refractivity contribution in [2.24, 2.45) is 29.6 Å². The molecule has 3 unspecified atom stereocenters. The molecule has 3 atom stereocenters. The van der Waals surface area contributed by atoms with Gasteiger partial charge in [0.25, 0.3) is 0 Å². The van der Waals surface area contributed by atoms with E-state index < -0.39 is 11.8 Å². The second kappa shape index (κ2) is 18.2. The first-order valence-electron chi connectivity index (χ1n) is 18.4. The molecule has 50 heavy (non-hydrogen) atoms. The van der Waals surface area contributed by atoms with Gasteiger partial charge >= 0.3 is 0 Å². The van der Waals surface area contributed by atoms with Crippen molar-refractivity contribution in [1.29, 1.82) is 0 Å². The highest BCUT2D eigenvalue weighted by Gasteiger charge is 2.37. The molecule has 0 heterocycles. The van der Waals surface area contributed by atoms with Crippen LogP contribution >= 0.6 is 0 Å². The Balaban J connectivity index is 1.77. The Labute approximate surface area is 296 Å². The lowest BCUT2D eigenvalue weighted by molar-refractivity contribution is -0.133. The summed E-state index contributed by atoms with van der Waals surface area (Å²) in [6.07, 6.45) is 18.6. The highest BCUT2D eigenvalue weighted by atomic mass is 16.2. The molecule has 1 aromatic carbocycles.